The normalized spacial score (nSPS) is 15.8. The first-order valence-corrected chi connectivity index (χ1v) is 16.2. The predicted molar refractivity (Wildman–Crippen MR) is 178 cm³/mol. The van der Waals surface area contributed by atoms with E-state index in [1.54, 1.807) is 0 Å². The summed E-state index contributed by atoms with van der Waals surface area (Å²) in [6, 6.07) is 3.68. The fraction of sp³-hybridized carbons (Fsp3) is 0.429. The monoisotopic (exact) mass is 682 g/mol. The van der Waals surface area contributed by atoms with Crippen LogP contribution in [-0.2, 0) is 6.42 Å². The molecule has 1 aliphatic carbocycles. The van der Waals surface area contributed by atoms with Crippen molar-refractivity contribution in [2.75, 3.05) is 13.2 Å². The molecule has 2 N–H and O–H groups in total. The Labute approximate surface area is 280 Å². The van der Waals surface area contributed by atoms with Gasteiger partial charge in [0, 0.05) is 23.9 Å². The van der Waals surface area contributed by atoms with Gasteiger partial charge in [0.1, 0.15) is 11.5 Å². The van der Waals surface area contributed by atoms with E-state index in [0.29, 0.717) is 35.9 Å². The van der Waals surface area contributed by atoms with E-state index < -0.39 is 58.8 Å². The second-order valence-electron chi connectivity index (χ2n) is 12.1. The number of carbonyl (C=O) groups excluding carboxylic acids is 2. The largest absolute Gasteiger partial charge is 0.493 e. The second-order valence-corrected chi connectivity index (χ2v) is 12.1. The van der Waals surface area contributed by atoms with E-state index in [0.717, 1.165) is 48.8 Å². The molecule has 12 nitrogen and oxygen atoms in total. The minimum atomic E-state index is -1.37. The van der Waals surface area contributed by atoms with E-state index in [2.05, 4.69) is 19.6 Å². The number of ether oxygens (including phenoxy) is 2. The molecule has 0 amide bonds. The van der Waals surface area contributed by atoms with E-state index in [-0.39, 0.29) is 34.2 Å². The van der Waals surface area contributed by atoms with Crippen molar-refractivity contribution in [2.45, 2.75) is 78.1 Å². The fourth-order valence-corrected chi connectivity index (χ4v) is 5.93. The molecule has 2 atom stereocenters. The number of aromatic amines is 2. The average molecular weight is 683 g/mol. The molecule has 49 heavy (non-hydrogen) atoms. The van der Waals surface area contributed by atoms with Crippen LogP contribution < -0.4 is 32.0 Å². The van der Waals surface area contributed by atoms with Crippen LogP contribution in [0.3, 0.4) is 0 Å². The first kappa shape index (κ1) is 36.7. The molecular weight excluding hydrogens is 642 g/mol. The van der Waals surface area contributed by atoms with Crippen molar-refractivity contribution in [2.24, 2.45) is 5.92 Å². The van der Waals surface area contributed by atoms with Gasteiger partial charge in [-0.3, -0.25) is 19.2 Å². The number of aryl methyl sites for hydroxylation is 1. The standard InChI is InChI=1S/C35H40F2N4O8/c1-5-6-7-8-22-16-27(48-13-11-29(42)40-32(44)25(36)18-38-34(40)46)31(24-15-21(4)9-10-23(24)20(2)3)28(17-22)49-14-12-30(43)41-33(45)26(37)19-39-35(41)47/h15-19,23-24H,2,5-14H2,1,3-4H3,(H,38,46)(H,39,47)/t23-,24+/m0/s1. The van der Waals surface area contributed by atoms with Gasteiger partial charge in [0.15, 0.2) is 0 Å². The Morgan fingerprint density at radius 1 is 0.898 bits per heavy atom. The van der Waals surface area contributed by atoms with E-state index in [1.165, 1.54) is 0 Å². The summed E-state index contributed by atoms with van der Waals surface area (Å²) in [5.74, 6) is -4.09. The van der Waals surface area contributed by atoms with Crippen LogP contribution in [0.1, 0.15) is 92.4 Å². The number of nitrogens with one attached hydrogen (secondary N) is 2. The smallest absolute Gasteiger partial charge is 0.335 e. The zero-order chi connectivity index (χ0) is 35.8. The lowest BCUT2D eigenvalue weighted by atomic mass is 9.73. The zero-order valence-electron chi connectivity index (χ0n) is 27.7. The van der Waals surface area contributed by atoms with Crippen molar-refractivity contribution < 1.29 is 27.8 Å². The number of H-pyrrole nitrogens is 2. The van der Waals surface area contributed by atoms with Crippen molar-refractivity contribution >= 4 is 11.8 Å². The highest BCUT2D eigenvalue weighted by atomic mass is 19.1. The molecule has 0 radical (unpaired) electrons. The van der Waals surface area contributed by atoms with Crippen LogP contribution in [-0.4, -0.2) is 44.1 Å². The summed E-state index contributed by atoms with van der Waals surface area (Å²) >= 11 is 0. The molecule has 3 aromatic rings. The third kappa shape index (κ3) is 8.67. The molecule has 0 saturated heterocycles. The predicted octanol–water partition coefficient (Wildman–Crippen LogP) is 4.63. The molecule has 0 unspecified atom stereocenters. The molecule has 14 heteroatoms. The number of nitrogens with zero attached hydrogens (tertiary/aromatic N) is 2. The lowest BCUT2D eigenvalue weighted by Gasteiger charge is -2.33. The Balaban J connectivity index is 1.72. The third-order valence-corrected chi connectivity index (χ3v) is 8.46. The molecule has 1 aliphatic rings. The zero-order valence-corrected chi connectivity index (χ0v) is 27.7. The van der Waals surface area contributed by atoms with Gasteiger partial charge in [-0.25, -0.2) is 9.59 Å². The van der Waals surface area contributed by atoms with Gasteiger partial charge in [0.2, 0.25) is 23.4 Å². The molecule has 4 rings (SSSR count). The lowest BCUT2D eigenvalue weighted by molar-refractivity contribution is 0.0861. The van der Waals surface area contributed by atoms with E-state index in [4.69, 9.17) is 9.47 Å². The summed E-state index contributed by atoms with van der Waals surface area (Å²) < 4.78 is 40.5. The minimum Gasteiger partial charge on any atom is -0.493 e. The van der Waals surface area contributed by atoms with E-state index in [9.17, 15) is 37.5 Å². The van der Waals surface area contributed by atoms with Gasteiger partial charge in [0.05, 0.1) is 26.1 Å². The van der Waals surface area contributed by atoms with Gasteiger partial charge < -0.3 is 19.4 Å². The molecule has 262 valence electrons. The SMILES string of the molecule is C=C(C)[C@@H]1CCC(C)=C[C@H]1c1c(OCCC(=O)n2c(=O)[nH]cc(F)c2=O)cc(CCCCC)cc1OCCC(=O)n1c(=O)[nH]cc(F)c1=O. The van der Waals surface area contributed by atoms with Gasteiger partial charge in [-0.05, 0) is 63.1 Å². The van der Waals surface area contributed by atoms with Gasteiger partial charge in [0.25, 0.3) is 11.1 Å². The molecular formula is C35H40F2N4O8. The van der Waals surface area contributed by atoms with Crippen molar-refractivity contribution in [3.8, 4) is 11.5 Å². The summed E-state index contributed by atoms with van der Waals surface area (Å²) in [4.78, 5) is 78.3. The van der Waals surface area contributed by atoms with Gasteiger partial charge >= 0.3 is 11.4 Å². The highest BCUT2D eigenvalue weighted by Crippen LogP contribution is 2.47. The molecule has 2 heterocycles. The number of hydrogen-bond acceptors (Lipinski definition) is 8. The number of hydrogen-bond donors (Lipinski definition) is 2. The van der Waals surface area contributed by atoms with Gasteiger partial charge in [-0.1, -0.05) is 43.6 Å². The topological polar surface area (TPSA) is 162 Å². The Morgan fingerprint density at radius 2 is 1.41 bits per heavy atom. The highest BCUT2D eigenvalue weighted by Gasteiger charge is 2.32. The third-order valence-electron chi connectivity index (χ3n) is 8.46. The first-order chi connectivity index (χ1) is 23.3. The summed E-state index contributed by atoms with van der Waals surface area (Å²) in [5.41, 5.74) is -1.42. The number of halogens is 2. The van der Waals surface area contributed by atoms with Gasteiger partial charge in [-0.15, -0.1) is 0 Å². The summed E-state index contributed by atoms with van der Waals surface area (Å²) in [6.07, 6.45) is 7.43. The number of unbranched alkanes of at least 4 members (excludes halogenated alkanes) is 2. The molecule has 0 fully saturated rings. The van der Waals surface area contributed by atoms with Crippen molar-refractivity contribution in [3.63, 3.8) is 0 Å². The Bertz CT molecular complexity index is 1890. The molecule has 0 saturated carbocycles. The summed E-state index contributed by atoms with van der Waals surface area (Å²) in [7, 11) is 0. The van der Waals surface area contributed by atoms with E-state index in [1.807, 2.05) is 35.9 Å². The number of carbonyl (C=O) groups is 2. The van der Waals surface area contributed by atoms with Crippen LogP contribution in [0.4, 0.5) is 8.78 Å². The van der Waals surface area contributed by atoms with Crippen LogP contribution in [0, 0.1) is 17.6 Å². The van der Waals surface area contributed by atoms with Crippen LogP contribution in [0.25, 0.3) is 0 Å². The van der Waals surface area contributed by atoms with Crippen LogP contribution >= 0.6 is 0 Å². The second kappa shape index (κ2) is 16.3. The van der Waals surface area contributed by atoms with E-state index >= 15 is 0 Å². The molecule has 0 aliphatic heterocycles. The van der Waals surface area contributed by atoms with Crippen LogP contribution in [0.15, 0.2) is 67.5 Å². The Hall–Kier alpha value is -5.14. The lowest BCUT2D eigenvalue weighted by Crippen LogP contribution is -2.41. The van der Waals surface area contributed by atoms with Crippen molar-refractivity contribution in [3.05, 3.63) is 113 Å². The number of rotatable bonds is 14. The van der Waals surface area contributed by atoms with Crippen molar-refractivity contribution in [1.82, 2.24) is 19.1 Å². The maximum atomic E-state index is 13.8. The van der Waals surface area contributed by atoms with Crippen molar-refractivity contribution in [1.29, 1.82) is 0 Å². The number of allylic oxidation sites excluding steroid dienone is 3. The highest BCUT2D eigenvalue weighted by molar-refractivity contribution is 5.79. The molecule has 0 spiro atoms. The maximum absolute atomic E-state index is 13.8. The van der Waals surface area contributed by atoms with Gasteiger partial charge in [-0.2, -0.15) is 17.9 Å². The van der Waals surface area contributed by atoms with Crippen LogP contribution in [0.5, 0.6) is 11.5 Å². The number of aromatic nitrogens is 4. The Morgan fingerprint density at radius 3 is 1.88 bits per heavy atom. The van der Waals surface area contributed by atoms with Crippen LogP contribution in [0.2, 0.25) is 0 Å². The quantitative estimate of drug-likeness (QED) is 0.184. The Kier molecular flexibility index (Phi) is 12.2. The maximum Gasteiger partial charge on any atom is 0.335 e. The molecule has 2 aromatic heterocycles. The average Bonchev–Trinajstić information content (AvgIpc) is 3.05. The fourth-order valence-electron chi connectivity index (χ4n) is 5.93. The number of benzene rings is 1. The first-order valence-electron chi connectivity index (χ1n) is 16.2. The summed E-state index contributed by atoms with van der Waals surface area (Å²) in [6.45, 7) is 9.64. The minimum absolute atomic E-state index is 0.0311. The molecule has 0 bridgehead atoms. The summed E-state index contributed by atoms with van der Waals surface area (Å²) in [5, 5.41) is 0. The molecule has 1 aromatic carbocycles.